The Balaban J connectivity index is 1.31. The minimum atomic E-state index is -0.159. The number of nitrogens with one attached hydrogen (secondary N) is 1. The molecule has 0 spiro atoms. The van der Waals surface area contributed by atoms with Crippen molar-refractivity contribution < 1.29 is 9.53 Å². The Morgan fingerprint density at radius 2 is 1.90 bits per heavy atom. The molecule has 0 radical (unpaired) electrons. The fourth-order valence-electron chi connectivity index (χ4n) is 3.24. The van der Waals surface area contributed by atoms with Crippen molar-refractivity contribution in [2.75, 3.05) is 43.1 Å². The first-order valence-corrected chi connectivity index (χ1v) is 10.4. The Bertz CT molecular complexity index is 937. The SMILES string of the molecule is COc1ccc(N2CCN(c3nc(C(=O)NCc4cccnc4)cs3)CC2)cc1. The van der Waals surface area contributed by atoms with Gasteiger partial charge in [-0.2, -0.15) is 0 Å². The third-order valence-corrected chi connectivity index (χ3v) is 5.79. The summed E-state index contributed by atoms with van der Waals surface area (Å²) in [5.41, 5.74) is 2.62. The number of hydrogen-bond donors (Lipinski definition) is 1. The maximum Gasteiger partial charge on any atom is 0.271 e. The van der Waals surface area contributed by atoms with E-state index in [1.807, 2.05) is 29.6 Å². The number of anilines is 2. The number of nitrogens with zero attached hydrogens (tertiary/aromatic N) is 4. The maximum atomic E-state index is 12.4. The molecule has 29 heavy (non-hydrogen) atoms. The first-order chi connectivity index (χ1) is 14.2. The van der Waals surface area contributed by atoms with Gasteiger partial charge in [0.05, 0.1) is 7.11 Å². The van der Waals surface area contributed by atoms with Crippen LogP contribution in [0.3, 0.4) is 0 Å². The highest BCUT2D eigenvalue weighted by molar-refractivity contribution is 7.13. The average molecular weight is 410 g/mol. The molecule has 0 atom stereocenters. The molecule has 7 nitrogen and oxygen atoms in total. The Kier molecular flexibility index (Phi) is 5.90. The Labute approximate surface area is 174 Å². The molecule has 4 rings (SSSR count). The number of piperazine rings is 1. The highest BCUT2D eigenvalue weighted by Crippen LogP contribution is 2.25. The van der Waals surface area contributed by atoms with E-state index in [2.05, 4.69) is 37.2 Å². The zero-order chi connectivity index (χ0) is 20.1. The topological polar surface area (TPSA) is 70.6 Å². The molecule has 0 bridgehead atoms. The van der Waals surface area contributed by atoms with Gasteiger partial charge in [-0.05, 0) is 35.9 Å². The maximum absolute atomic E-state index is 12.4. The highest BCUT2D eigenvalue weighted by Gasteiger charge is 2.21. The second-order valence-corrected chi connectivity index (χ2v) is 7.57. The van der Waals surface area contributed by atoms with Crippen LogP contribution in [-0.4, -0.2) is 49.2 Å². The van der Waals surface area contributed by atoms with Gasteiger partial charge in [0.15, 0.2) is 5.13 Å². The molecule has 3 heterocycles. The van der Waals surface area contributed by atoms with Crippen molar-refractivity contribution in [2.24, 2.45) is 0 Å². The van der Waals surface area contributed by atoms with Crippen LogP contribution in [0.15, 0.2) is 54.2 Å². The van der Waals surface area contributed by atoms with Crippen molar-refractivity contribution in [2.45, 2.75) is 6.54 Å². The van der Waals surface area contributed by atoms with Gasteiger partial charge in [-0.15, -0.1) is 11.3 Å². The van der Waals surface area contributed by atoms with Crippen molar-refractivity contribution in [1.82, 2.24) is 15.3 Å². The summed E-state index contributed by atoms with van der Waals surface area (Å²) in [6.45, 7) is 4.01. The summed E-state index contributed by atoms with van der Waals surface area (Å²) >= 11 is 1.51. The Hall–Kier alpha value is -3.13. The fraction of sp³-hybridized carbons (Fsp3) is 0.286. The van der Waals surface area contributed by atoms with Gasteiger partial charge >= 0.3 is 0 Å². The lowest BCUT2D eigenvalue weighted by Gasteiger charge is -2.36. The van der Waals surface area contributed by atoms with Crippen LogP contribution in [0.1, 0.15) is 16.1 Å². The molecular formula is C21H23N5O2S. The van der Waals surface area contributed by atoms with Gasteiger partial charge < -0.3 is 19.9 Å². The molecule has 8 heteroatoms. The van der Waals surface area contributed by atoms with E-state index in [1.165, 1.54) is 17.0 Å². The number of rotatable bonds is 6. The van der Waals surface area contributed by atoms with Gasteiger partial charge in [-0.3, -0.25) is 9.78 Å². The molecule has 1 fully saturated rings. The molecular weight excluding hydrogens is 386 g/mol. The van der Waals surface area contributed by atoms with E-state index in [-0.39, 0.29) is 5.91 Å². The van der Waals surface area contributed by atoms with Crippen LogP contribution in [0.5, 0.6) is 5.75 Å². The lowest BCUT2D eigenvalue weighted by molar-refractivity contribution is 0.0946. The molecule has 1 aliphatic rings. The lowest BCUT2D eigenvalue weighted by atomic mass is 10.2. The number of benzene rings is 1. The standard InChI is InChI=1S/C21H23N5O2S/c1-28-18-6-4-17(5-7-18)25-9-11-26(12-10-25)21-24-19(15-29-21)20(27)23-14-16-3-2-8-22-13-16/h2-8,13,15H,9-12,14H2,1H3,(H,23,27). The predicted octanol–water partition coefficient (Wildman–Crippen LogP) is 2.80. The van der Waals surface area contributed by atoms with E-state index in [1.54, 1.807) is 19.5 Å². The van der Waals surface area contributed by atoms with Gasteiger partial charge in [0.1, 0.15) is 11.4 Å². The van der Waals surface area contributed by atoms with Gasteiger partial charge in [0, 0.05) is 56.2 Å². The number of amides is 1. The van der Waals surface area contributed by atoms with Crippen molar-refractivity contribution in [3.05, 3.63) is 65.4 Å². The fourth-order valence-corrected chi connectivity index (χ4v) is 4.10. The van der Waals surface area contributed by atoms with Crippen LogP contribution in [0.25, 0.3) is 0 Å². The van der Waals surface area contributed by atoms with Crippen LogP contribution in [0, 0.1) is 0 Å². The molecule has 150 valence electrons. The number of ether oxygens (including phenoxy) is 1. The van der Waals surface area contributed by atoms with Gasteiger partial charge in [-0.1, -0.05) is 6.07 Å². The minimum Gasteiger partial charge on any atom is -0.497 e. The van der Waals surface area contributed by atoms with E-state index in [9.17, 15) is 4.79 Å². The first-order valence-electron chi connectivity index (χ1n) is 9.49. The smallest absolute Gasteiger partial charge is 0.271 e. The molecule has 0 aliphatic carbocycles. The molecule has 0 saturated carbocycles. The highest BCUT2D eigenvalue weighted by atomic mass is 32.1. The van der Waals surface area contributed by atoms with Gasteiger partial charge in [-0.25, -0.2) is 4.98 Å². The van der Waals surface area contributed by atoms with Crippen LogP contribution in [0.4, 0.5) is 10.8 Å². The summed E-state index contributed by atoms with van der Waals surface area (Å²) in [6.07, 6.45) is 3.46. The van der Waals surface area contributed by atoms with Crippen molar-refractivity contribution in [3.8, 4) is 5.75 Å². The van der Waals surface area contributed by atoms with E-state index in [4.69, 9.17) is 4.74 Å². The largest absolute Gasteiger partial charge is 0.497 e. The van der Waals surface area contributed by atoms with E-state index in [0.717, 1.165) is 42.6 Å². The third-order valence-electron chi connectivity index (χ3n) is 4.89. The second-order valence-electron chi connectivity index (χ2n) is 6.73. The first kappa shape index (κ1) is 19.2. The minimum absolute atomic E-state index is 0.159. The summed E-state index contributed by atoms with van der Waals surface area (Å²) in [5.74, 6) is 0.706. The Morgan fingerprint density at radius 3 is 2.59 bits per heavy atom. The number of thiazole rings is 1. The molecule has 1 aromatic carbocycles. The van der Waals surface area contributed by atoms with E-state index >= 15 is 0 Å². The second kappa shape index (κ2) is 8.91. The number of pyridine rings is 1. The quantitative estimate of drug-likeness (QED) is 0.675. The Morgan fingerprint density at radius 1 is 1.14 bits per heavy atom. The number of methoxy groups -OCH3 is 1. The van der Waals surface area contributed by atoms with Crippen molar-refractivity contribution in [1.29, 1.82) is 0 Å². The number of hydrogen-bond acceptors (Lipinski definition) is 7. The molecule has 1 aliphatic heterocycles. The van der Waals surface area contributed by atoms with Crippen molar-refractivity contribution >= 4 is 28.1 Å². The summed E-state index contributed by atoms with van der Waals surface area (Å²) < 4.78 is 5.23. The van der Waals surface area contributed by atoms with Crippen LogP contribution >= 0.6 is 11.3 Å². The lowest BCUT2D eigenvalue weighted by Crippen LogP contribution is -2.46. The summed E-state index contributed by atoms with van der Waals surface area (Å²) in [7, 11) is 1.68. The molecule has 2 aromatic heterocycles. The average Bonchev–Trinajstić information content (AvgIpc) is 3.29. The van der Waals surface area contributed by atoms with Gasteiger partial charge in [0.2, 0.25) is 0 Å². The number of carbonyl (C=O) groups excluding carboxylic acids is 1. The van der Waals surface area contributed by atoms with Gasteiger partial charge in [0.25, 0.3) is 5.91 Å². The van der Waals surface area contributed by atoms with Crippen LogP contribution in [-0.2, 0) is 6.54 Å². The third kappa shape index (κ3) is 4.65. The summed E-state index contributed by atoms with van der Waals surface area (Å²) in [6, 6.07) is 11.9. The van der Waals surface area contributed by atoms with Crippen LogP contribution in [0.2, 0.25) is 0 Å². The zero-order valence-electron chi connectivity index (χ0n) is 16.2. The normalized spacial score (nSPS) is 14.0. The number of aromatic nitrogens is 2. The molecule has 1 N–H and O–H groups in total. The summed E-state index contributed by atoms with van der Waals surface area (Å²) in [4.78, 5) is 25.6. The molecule has 1 saturated heterocycles. The molecule has 3 aromatic rings. The predicted molar refractivity (Wildman–Crippen MR) is 115 cm³/mol. The zero-order valence-corrected chi connectivity index (χ0v) is 17.1. The van der Waals surface area contributed by atoms with Crippen molar-refractivity contribution in [3.63, 3.8) is 0 Å². The van der Waals surface area contributed by atoms with Crippen LogP contribution < -0.4 is 19.9 Å². The van der Waals surface area contributed by atoms with E-state index < -0.39 is 0 Å². The van der Waals surface area contributed by atoms with E-state index in [0.29, 0.717) is 12.2 Å². The number of carbonyl (C=O) groups is 1. The molecule has 0 unspecified atom stereocenters. The summed E-state index contributed by atoms with van der Waals surface area (Å²) in [5, 5.41) is 5.62. The monoisotopic (exact) mass is 409 g/mol. The molecule has 1 amide bonds.